The van der Waals surface area contributed by atoms with E-state index in [1.807, 2.05) is 4.90 Å². The highest BCUT2D eigenvalue weighted by Crippen LogP contribution is 2.25. The van der Waals surface area contributed by atoms with Gasteiger partial charge in [-0.3, -0.25) is 4.79 Å². The quantitative estimate of drug-likeness (QED) is 0.723. The summed E-state index contributed by atoms with van der Waals surface area (Å²) in [6.45, 7) is 2.74. The van der Waals surface area contributed by atoms with E-state index in [2.05, 4.69) is 10.3 Å². The van der Waals surface area contributed by atoms with Gasteiger partial charge in [0.15, 0.2) is 11.4 Å². The van der Waals surface area contributed by atoms with Gasteiger partial charge < -0.3 is 15.0 Å². The molecule has 5 nitrogen and oxygen atoms in total. The molecular weight excluding hydrogens is 277 g/mol. The zero-order chi connectivity index (χ0) is 11.8. The van der Waals surface area contributed by atoms with Crippen LogP contribution in [0.5, 0.6) is 5.75 Å². The molecule has 1 atom stereocenters. The normalized spacial score (nSPS) is 22.2. The summed E-state index contributed by atoms with van der Waals surface area (Å²) in [5.41, 5.74) is 0.321. The lowest BCUT2D eigenvalue weighted by molar-refractivity contribution is 0.0602. The molecule has 2 aliphatic rings. The van der Waals surface area contributed by atoms with Crippen LogP contribution in [0.3, 0.4) is 0 Å². The first kappa shape index (κ1) is 13.4. The minimum Gasteiger partial charge on any atom is -0.489 e. The number of hydrogen-bond acceptors (Lipinski definition) is 4. The molecule has 1 fully saturated rings. The third kappa shape index (κ3) is 2.25. The molecule has 0 spiro atoms. The molecule has 3 heterocycles. The summed E-state index contributed by atoms with van der Waals surface area (Å²) in [7, 11) is 0. The molecule has 0 aromatic carbocycles. The minimum atomic E-state index is -0.0912. The summed E-state index contributed by atoms with van der Waals surface area (Å²) in [5.74, 6) is 0.431. The van der Waals surface area contributed by atoms with Crippen LogP contribution in [0.2, 0.25) is 5.15 Å². The predicted octanol–water partition coefficient (Wildman–Crippen LogP) is 0.963. The van der Waals surface area contributed by atoms with Crippen LogP contribution < -0.4 is 10.1 Å². The van der Waals surface area contributed by atoms with Gasteiger partial charge in [0.2, 0.25) is 0 Å². The van der Waals surface area contributed by atoms with Gasteiger partial charge >= 0.3 is 0 Å². The van der Waals surface area contributed by atoms with E-state index in [1.54, 1.807) is 12.1 Å². The number of carbonyl (C=O) groups excluding carboxylic acids is 1. The number of amides is 1. The van der Waals surface area contributed by atoms with Crippen LogP contribution in [-0.2, 0) is 0 Å². The number of halogens is 2. The van der Waals surface area contributed by atoms with Crippen molar-refractivity contribution in [2.45, 2.75) is 6.04 Å². The highest BCUT2D eigenvalue weighted by molar-refractivity contribution is 6.29. The molecule has 1 unspecified atom stereocenters. The molecule has 0 aliphatic carbocycles. The van der Waals surface area contributed by atoms with E-state index in [1.165, 1.54) is 0 Å². The largest absolute Gasteiger partial charge is 0.489 e. The Labute approximate surface area is 116 Å². The van der Waals surface area contributed by atoms with E-state index in [9.17, 15) is 4.79 Å². The number of ether oxygens (including phenoxy) is 1. The van der Waals surface area contributed by atoms with Crippen LogP contribution in [0.4, 0.5) is 0 Å². The van der Waals surface area contributed by atoms with Gasteiger partial charge in [-0.15, -0.1) is 12.4 Å². The van der Waals surface area contributed by atoms with Crippen LogP contribution in [0.15, 0.2) is 12.1 Å². The third-order valence-corrected chi connectivity index (χ3v) is 3.28. The molecule has 1 aromatic rings. The number of fused-ring (bicyclic) bond motifs is 2. The van der Waals surface area contributed by atoms with Crippen molar-refractivity contribution >= 4 is 29.9 Å². The molecule has 1 N–H and O–H groups in total. The van der Waals surface area contributed by atoms with Crippen LogP contribution in [-0.4, -0.2) is 48.1 Å². The van der Waals surface area contributed by atoms with Crippen molar-refractivity contribution in [3.63, 3.8) is 0 Å². The number of nitrogens with zero attached hydrogens (tertiary/aromatic N) is 2. The van der Waals surface area contributed by atoms with Crippen LogP contribution in [0.25, 0.3) is 0 Å². The molecule has 0 bridgehead atoms. The monoisotopic (exact) mass is 289 g/mol. The molecule has 7 heteroatoms. The fraction of sp³-hybridized carbons (Fsp3) is 0.455. The van der Waals surface area contributed by atoms with Gasteiger partial charge in [0, 0.05) is 19.6 Å². The average molecular weight is 290 g/mol. The number of carbonyl (C=O) groups is 1. The summed E-state index contributed by atoms with van der Waals surface area (Å²) in [6, 6.07) is 3.41. The molecule has 1 amide bonds. The van der Waals surface area contributed by atoms with Crippen LogP contribution >= 0.6 is 24.0 Å². The van der Waals surface area contributed by atoms with E-state index in [0.717, 1.165) is 13.1 Å². The number of hydrogen-bond donors (Lipinski definition) is 1. The fourth-order valence-corrected chi connectivity index (χ4v) is 2.34. The molecule has 3 rings (SSSR count). The number of nitrogens with one attached hydrogen (secondary N) is 1. The molecule has 98 valence electrons. The smallest absolute Gasteiger partial charge is 0.276 e. The first-order valence-electron chi connectivity index (χ1n) is 5.57. The lowest BCUT2D eigenvalue weighted by atomic mass is 10.2. The van der Waals surface area contributed by atoms with Crippen molar-refractivity contribution in [3.05, 3.63) is 23.0 Å². The molecule has 18 heavy (non-hydrogen) atoms. The van der Waals surface area contributed by atoms with Gasteiger partial charge in [0.05, 0.1) is 6.04 Å². The molecular formula is C11H13Cl2N3O2. The number of piperazine rings is 1. The molecule has 1 saturated heterocycles. The zero-order valence-electron chi connectivity index (χ0n) is 9.56. The highest BCUT2D eigenvalue weighted by atomic mass is 35.5. The summed E-state index contributed by atoms with van der Waals surface area (Å²) in [6.07, 6.45) is 0. The second-order valence-corrected chi connectivity index (χ2v) is 4.54. The maximum Gasteiger partial charge on any atom is 0.276 e. The van der Waals surface area contributed by atoms with E-state index < -0.39 is 0 Å². The van der Waals surface area contributed by atoms with Crippen molar-refractivity contribution < 1.29 is 9.53 Å². The molecule has 2 aliphatic heterocycles. The molecule has 1 aromatic heterocycles. The molecule has 0 radical (unpaired) electrons. The van der Waals surface area contributed by atoms with E-state index in [4.69, 9.17) is 16.3 Å². The van der Waals surface area contributed by atoms with Gasteiger partial charge in [-0.05, 0) is 12.1 Å². The van der Waals surface area contributed by atoms with Crippen molar-refractivity contribution in [2.75, 3.05) is 26.2 Å². The Kier molecular flexibility index (Phi) is 3.94. The second-order valence-electron chi connectivity index (χ2n) is 4.15. The van der Waals surface area contributed by atoms with E-state index in [-0.39, 0.29) is 24.4 Å². The third-order valence-electron chi connectivity index (χ3n) is 3.07. The summed E-state index contributed by atoms with van der Waals surface area (Å²) >= 11 is 5.82. The lowest BCUT2D eigenvalue weighted by Crippen LogP contribution is -2.54. The standard InChI is InChI=1S/C11H12ClN3O2.ClH/c12-9-2-1-8-10(14-9)11(16)15-4-3-13-5-7(15)6-17-8;/h1-2,7,13H,3-6H2;1H. The van der Waals surface area contributed by atoms with Gasteiger partial charge in [0.1, 0.15) is 11.8 Å². The van der Waals surface area contributed by atoms with Crippen molar-refractivity contribution in [2.24, 2.45) is 0 Å². The Hall–Kier alpha value is -1.04. The average Bonchev–Trinajstić information content (AvgIpc) is 2.49. The first-order chi connectivity index (χ1) is 8.25. The Morgan fingerprint density at radius 1 is 1.50 bits per heavy atom. The predicted molar refractivity (Wildman–Crippen MR) is 69.7 cm³/mol. The maximum absolute atomic E-state index is 12.3. The first-order valence-corrected chi connectivity index (χ1v) is 5.94. The Morgan fingerprint density at radius 2 is 2.33 bits per heavy atom. The maximum atomic E-state index is 12.3. The molecule has 0 saturated carbocycles. The number of aromatic nitrogens is 1. The Balaban J connectivity index is 0.00000120. The number of pyridine rings is 1. The summed E-state index contributed by atoms with van der Waals surface area (Å²) in [5, 5.41) is 3.56. The Bertz CT molecular complexity index is 470. The van der Waals surface area contributed by atoms with Crippen molar-refractivity contribution in [3.8, 4) is 5.75 Å². The van der Waals surface area contributed by atoms with Crippen molar-refractivity contribution in [1.82, 2.24) is 15.2 Å². The zero-order valence-corrected chi connectivity index (χ0v) is 11.1. The van der Waals surface area contributed by atoms with Gasteiger partial charge in [-0.25, -0.2) is 4.98 Å². The number of rotatable bonds is 0. The van der Waals surface area contributed by atoms with Crippen LogP contribution in [0.1, 0.15) is 10.5 Å². The second kappa shape index (κ2) is 5.30. The summed E-state index contributed by atoms with van der Waals surface area (Å²) < 4.78 is 5.62. The van der Waals surface area contributed by atoms with Crippen molar-refractivity contribution in [1.29, 1.82) is 0 Å². The summed E-state index contributed by atoms with van der Waals surface area (Å²) in [4.78, 5) is 18.2. The SMILES string of the molecule is Cl.O=C1c2nc(Cl)ccc2OCC2CNCCN12. The Morgan fingerprint density at radius 3 is 3.17 bits per heavy atom. The van der Waals surface area contributed by atoms with Gasteiger partial charge in [-0.1, -0.05) is 11.6 Å². The van der Waals surface area contributed by atoms with Gasteiger partial charge in [0.25, 0.3) is 5.91 Å². The van der Waals surface area contributed by atoms with Gasteiger partial charge in [-0.2, -0.15) is 0 Å². The van der Waals surface area contributed by atoms with E-state index >= 15 is 0 Å². The van der Waals surface area contributed by atoms with Crippen LogP contribution in [0, 0.1) is 0 Å². The topological polar surface area (TPSA) is 54.5 Å². The minimum absolute atomic E-state index is 0. The lowest BCUT2D eigenvalue weighted by Gasteiger charge is -2.33. The van der Waals surface area contributed by atoms with E-state index in [0.29, 0.717) is 29.7 Å². The fourth-order valence-electron chi connectivity index (χ4n) is 2.19. The highest BCUT2D eigenvalue weighted by Gasteiger charge is 2.33.